The van der Waals surface area contributed by atoms with E-state index < -0.39 is 0 Å². The summed E-state index contributed by atoms with van der Waals surface area (Å²) >= 11 is 6.64. The van der Waals surface area contributed by atoms with Gasteiger partial charge in [-0.05, 0) is 50.8 Å². The third-order valence-electron chi connectivity index (χ3n) is 5.63. The van der Waals surface area contributed by atoms with Crippen LogP contribution in [0.4, 0.5) is 5.82 Å². The molecule has 0 radical (unpaired) electrons. The van der Waals surface area contributed by atoms with Crippen molar-refractivity contribution in [2.24, 2.45) is 0 Å². The summed E-state index contributed by atoms with van der Waals surface area (Å²) in [5.41, 5.74) is 1.57. The number of hydrogen-bond acceptors (Lipinski definition) is 8. The van der Waals surface area contributed by atoms with Crippen LogP contribution in [-0.2, 0) is 14.3 Å². The summed E-state index contributed by atoms with van der Waals surface area (Å²) in [6.45, 7) is 6.84. The summed E-state index contributed by atoms with van der Waals surface area (Å²) < 4.78 is 13.1. The number of aromatic nitrogens is 2. The first-order valence-electron chi connectivity index (χ1n) is 11.2. The summed E-state index contributed by atoms with van der Waals surface area (Å²) in [4.78, 5) is 33.2. The molecular weight excluding hydrogens is 460 g/mol. The zero-order valence-corrected chi connectivity index (χ0v) is 20.5. The maximum absolute atomic E-state index is 13.4. The molecule has 0 spiro atoms. The van der Waals surface area contributed by atoms with E-state index in [4.69, 9.17) is 26.7 Å². The van der Waals surface area contributed by atoms with Crippen LogP contribution in [0.1, 0.15) is 37.3 Å². The van der Waals surface area contributed by atoms with Gasteiger partial charge < -0.3 is 14.8 Å². The Morgan fingerprint density at radius 3 is 3.03 bits per heavy atom. The molecule has 2 aliphatic rings. The van der Waals surface area contributed by atoms with Gasteiger partial charge in [0.25, 0.3) is 11.5 Å². The fraction of sp³-hybridized carbons (Fsp3) is 0.478. The van der Waals surface area contributed by atoms with Crippen molar-refractivity contribution < 1.29 is 14.3 Å². The first kappa shape index (κ1) is 23.9. The van der Waals surface area contributed by atoms with Crippen LogP contribution >= 0.6 is 24.0 Å². The third-order valence-corrected chi connectivity index (χ3v) is 7.01. The predicted octanol–water partition coefficient (Wildman–Crippen LogP) is 3.22. The number of fused-ring (bicyclic) bond motifs is 1. The van der Waals surface area contributed by atoms with Gasteiger partial charge in [0.05, 0.1) is 16.6 Å². The first-order chi connectivity index (χ1) is 16.0. The lowest BCUT2D eigenvalue weighted by Gasteiger charge is -2.15. The highest BCUT2D eigenvalue weighted by atomic mass is 32.2. The number of hydrogen-bond donors (Lipinski definition) is 1. The Kier molecular flexibility index (Phi) is 7.79. The molecule has 2 fully saturated rings. The number of thioether (sulfide) groups is 1. The summed E-state index contributed by atoms with van der Waals surface area (Å²) in [5, 5.41) is 3.30. The van der Waals surface area contributed by atoms with Crippen LogP contribution in [0, 0.1) is 6.92 Å². The van der Waals surface area contributed by atoms with Crippen molar-refractivity contribution in [3.05, 3.63) is 44.7 Å². The SMILES string of the molecule is CCOCCCN1C(=O)/C(=C\c2c(NC[C@H]3CCCO3)nc3c(C)cccn3c2=O)SC1=S. The molecule has 176 valence electrons. The molecule has 2 saturated heterocycles. The van der Waals surface area contributed by atoms with Gasteiger partial charge in [0, 0.05) is 39.1 Å². The number of aryl methyl sites for hydroxylation is 1. The number of carbonyl (C=O) groups is 1. The van der Waals surface area contributed by atoms with E-state index in [0.29, 0.717) is 59.0 Å². The minimum absolute atomic E-state index is 0.0820. The molecule has 4 rings (SSSR count). The minimum Gasteiger partial charge on any atom is -0.382 e. The molecular formula is C23H28N4O4S2. The van der Waals surface area contributed by atoms with Crippen LogP contribution < -0.4 is 10.9 Å². The molecule has 1 N–H and O–H groups in total. The molecule has 1 amide bonds. The highest BCUT2D eigenvalue weighted by Crippen LogP contribution is 2.33. The van der Waals surface area contributed by atoms with E-state index in [1.807, 2.05) is 26.0 Å². The zero-order valence-electron chi connectivity index (χ0n) is 18.8. The average molecular weight is 489 g/mol. The number of anilines is 1. The smallest absolute Gasteiger partial charge is 0.267 e. The number of nitrogens with one attached hydrogen (secondary N) is 1. The molecule has 0 bridgehead atoms. The van der Waals surface area contributed by atoms with Crippen LogP contribution in [0.15, 0.2) is 28.0 Å². The van der Waals surface area contributed by atoms with Gasteiger partial charge in [-0.3, -0.25) is 18.9 Å². The summed E-state index contributed by atoms with van der Waals surface area (Å²) in [7, 11) is 0. The third kappa shape index (κ3) is 5.29. The molecule has 0 saturated carbocycles. The molecule has 0 aliphatic carbocycles. The minimum atomic E-state index is -0.236. The summed E-state index contributed by atoms with van der Waals surface area (Å²) in [6, 6.07) is 3.73. The molecule has 2 aliphatic heterocycles. The van der Waals surface area contributed by atoms with Crippen molar-refractivity contribution in [2.45, 2.75) is 39.2 Å². The van der Waals surface area contributed by atoms with Gasteiger partial charge in [0.15, 0.2) is 0 Å². The predicted molar refractivity (Wildman–Crippen MR) is 135 cm³/mol. The highest BCUT2D eigenvalue weighted by Gasteiger charge is 2.32. The first-order valence-corrected chi connectivity index (χ1v) is 12.4. The van der Waals surface area contributed by atoms with Crippen molar-refractivity contribution >= 4 is 51.7 Å². The van der Waals surface area contributed by atoms with E-state index in [1.54, 1.807) is 17.2 Å². The monoisotopic (exact) mass is 488 g/mol. The molecule has 33 heavy (non-hydrogen) atoms. The van der Waals surface area contributed by atoms with E-state index >= 15 is 0 Å². The van der Waals surface area contributed by atoms with E-state index in [-0.39, 0.29) is 17.6 Å². The Labute approximate surface area is 202 Å². The van der Waals surface area contributed by atoms with Crippen LogP contribution in [0.2, 0.25) is 0 Å². The Morgan fingerprint density at radius 1 is 1.42 bits per heavy atom. The number of carbonyl (C=O) groups excluding carboxylic acids is 1. The standard InChI is InChI=1S/C23H28N4O4S2/c1-3-30-11-6-10-27-22(29)18(33-23(27)32)13-17-19(24-14-16-8-5-12-31-16)25-20-15(2)7-4-9-26(20)21(17)28/h4,7,9,13,16,24H,3,5-6,8,10-12,14H2,1-2H3/b18-13+/t16-/m1/s1. The van der Waals surface area contributed by atoms with Crippen molar-refractivity contribution in [1.82, 2.24) is 14.3 Å². The fourth-order valence-electron chi connectivity index (χ4n) is 3.89. The number of ether oxygens (including phenoxy) is 2. The largest absolute Gasteiger partial charge is 0.382 e. The lowest BCUT2D eigenvalue weighted by Crippen LogP contribution is -2.30. The lowest BCUT2D eigenvalue weighted by atomic mass is 10.2. The Morgan fingerprint density at radius 2 is 2.27 bits per heavy atom. The van der Waals surface area contributed by atoms with Gasteiger partial charge >= 0.3 is 0 Å². The molecule has 1 atom stereocenters. The van der Waals surface area contributed by atoms with Gasteiger partial charge in [-0.1, -0.05) is 30.0 Å². The number of pyridine rings is 1. The van der Waals surface area contributed by atoms with Crippen LogP contribution in [0.5, 0.6) is 0 Å². The molecule has 8 nitrogen and oxygen atoms in total. The molecule has 0 aromatic carbocycles. The van der Waals surface area contributed by atoms with Gasteiger partial charge in [0.2, 0.25) is 0 Å². The average Bonchev–Trinajstić information content (AvgIpc) is 3.41. The lowest BCUT2D eigenvalue weighted by molar-refractivity contribution is -0.122. The molecule has 0 unspecified atom stereocenters. The van der Waals surface area contributed by atoms with Crippen molar-refractivity contribution in [1.29, 1.82) is 0 Å². The van der Waals surface area contributed by atoms with Crippen LogP contribution in [0.25, 0.3) is 11.7 Å². The molecule has 2 aromatic heterocycles. The van der Waals surface area contributed by atoms with Gasteiger partial charge in [-0.25, -0.2) is 4.98 Å². The quantitative estimate of drug-likeness (QED) is 0.327. The Bertz CT molecular complexity index is 1140. The number of thiocarbonyl (C=S) groups is 1. The van der Waals surface area contributed by atoms with Crippen LogP contribution in [-0.4, -0.2) is 63.5 Å². The second-order valence-corrected chi connectivity index (χ2v) is 9.64. The van der Waals surface area contributed by atoms with Crippen molar-refractivity contribution in [2.75, 3.05) is 38.2 Å². The number of rotatable bonds is 9. The van der Waals surface area contributed by atoms with Gasteiger partial charge in [0.1, 0.15) is 15.8 Å². The normalized spacial score (nSPS) is 19.9. The van der Waals surface area contributed by atoms with Crippen molar-refractivity contribution in [3.8, 4) is 0 Å². The van der Waals surface area contributed by atoms with E-state index in [0.717, 1.165) is 25.0 Å². The van der Waals surface area contributed by atoms with Gasteiger partial charge in [-0.15, -0.1) is 0 Å². The van der Waals surface area contributed by atoms with E-state index in [2.05, 4.69) is 5.32 Å². The second-order valence-electron chi connectivity index (χ2n) is 7.96. The van der Waals surface area contributed by atoms with Crippen molar-refractivity contribution in [3.63, 3.8) is 0 Å². The zero-order chi connectivity index (χ0) is 23.4. The number of nitrogens with zero attached hydrogens (tertiary/aromatic N) is 3. The maximum Gasteiger partial charge on any atom is 0.267 e. The molecule has 10 heteroatoms. The molecule has 4 heterocycles. The second kappa shape index (κ2) is 10.8. The molecule has 2 aromatic rings. The summed E-state index contributed by atoms with van der Waals surface area (Å²) in [5.74, 6) is 0.256. The van der Waals surface area contributed by atoms with E-state index in [9.17, 15) is 9.59 Å². The summed E-state index contributed by atoms with van der Waals surface area (Å²) in [6.07, 6.45) is 6.08. The maximum atomic E-state index is 13.4. The highest BCUT2D eigenvalue weighted by molar-refractivity contribution is 8.26. The topological polar surface area (TPSA) is 85.2 Å². The number of amides is 1. The van der Waals surface area contributed by atoms with E-state index in [1.165, 1.54) is 16.2 Å². The van der Waals surface area contributed by atoms with Gasteiger partial charge in [-0.2, -0.15) is 0 Å². The Balaban J connectivity index is 1.66. The van der Waals surface area contributed by atoms with Crippen LogP contribution in [0.3, 0.4) is 0 Å². The fourth-order valence-corrected chi connectivity index (χ4v) is 5.18. The Hall–Kier alpha value is -2.27.